The van der Waals surface area contributed by atoms with Gasteiger partial charge in [0.1, 0.15) is 0 Å². The molecular formula is C13H24O. The first-order valence-corrected chi connectivity index (χ1v) is 5.75. The van der Waals surface area contributed by atoms with E-state index in [0.29, 0.717) is 0 Å². The van der Waals surface area contributed by atoms with Gasteiger partial charge in [0, 0.05) is 0 Å². The molecule has 0 atom stereocenters. The Kier molecular flexibility index (Phi) is 11.6. The Hall–Kier alpha value is -0.720. The van der Waals surface area contributed by atoms with Gasteiger partial charge in [-0.2, -0.15) is 0 Å². The van der Waals surface area contributed by atoms with Gasteiger partial charge in [-0.1, -0.05) is 37.5 Å². The van der Waals surface area contributed by atoms with Gasteiger partial charge in [0.2, 0.25) is 0 Å². The first kappa shape index (κ1) is 13.3. The van der Waals surface area contributed by atoms with Crippen molar-refractivity contribution < 1.29 is 4.74 Å². The quantitative estimate of drug-likeness (QED) is 0.301. The highest BCUT2D eigenvalue weighted by molar-refractivity contribution is 4.76. The van der Waals surface area contributed by atoms with Crippen LogP contribution in [0.15, 0.2) is 24.5 Å². The van der Waals surface area contributed by atoms with E-state index in [2.05, 4.69) is 19.1 Å². The van der Waals surface area contributed by atoms with E-state index < -0.39 is 0 Å². The standard InChI is InChI=1S/C13H24O/c1-3-5-6-7-8-9-10-11-13-14-12-4-2/h3-5,12H,6-11,13H2,1-2H3/b5-3+,12-4+. The van der Waals surface area contributed by atoms with E-state index in [1.807, 2.05) is 13.0 Å². The maximum atomic E-state index is 5.24. The van der Waals surface area contributed by atoms with Crippen molar-refractivity contribution in [3.63, 3.8) is 0 Å². The van der Waals surface area contributed by atoms with Crippen molar-refractivity contribution in [1.29, 1.82) is 0 Å². The van der Waals surface area contributed by atoms with Crippen molar-refractivity contribution in [3.8, 4) is 0 Å². The Balaban J connectivity index is 2.92. The van der Waals surface area contributed by atoms with Gasteiger partial charge < -0.3 is 4.74 Å². The number of rotatable bonds is 9. The first-order valence-electron chi connectivity index (χ1n) is 5.75. The number of unbranched alkanes of at least 4 members (excludes halogenated alkanes) is 5. The normalized spacial score (nSPS) is 11.6. The lowest BCUT2D eigenvalue weighted by atomic mass is 10.1. The Morgan fingerprint density at radius 2 is 1.57 bits per heavy atom. The van der Waals surface area contributed by atoms with Crippen LogP contribution >= 0.6 is 0 Å². The number of hydrogen-bond donors (Lipinski definition) is 0. The molecule has 0 aliphatic carbocycles. The first-order chi connectivity index (χ1) is 6.91. The minimum Gasteiger partial charge on any atom is -0.502 e. The van der Waals surface area contributed by atoms with E-state index in [-0.39, 0.29) is 0 Å². The topological polar surface area (TPSA) is 9.23 Å². The van der Waals surface area contributed by atoms with Gasteiger partial charge >= 0.3 is 0 Å². The second kappa shape index (κ2) is 12.3. The van der Waals surface area contributed by atoms with Crippen molar-refractivity contribution in [2.75, 3.05) is 6.61 Å². The van der Waals surface area contributed by atoms with Crippen LogP contribution in [-0.4, -0.2) is 6.61 Å². The average Bonchev–Trinajstić information content (AvgIpc) is 2.21. The van der Waals surface area contributed by atoms with Crippen LogP contribution in [0.1, 0.15) is 52.4 Å². The molecule has 0 N–H and O–H groups in total. The molecule has 1 heteroatoms. The van der Waals surface area contributed by atoms with Crippen molar-refractivity contribution in [1.82, 2.24) is 0 Å². The average molecular weight is 196 g/mol. The molecule has 0 aliphatic heterocycles. The van der Waals surface area contributed by atoms with Crippen LogP contribution in [0.5, 0.6) is 0 Å². The highest BCUT2D eigenvalue weighted by Crippen LogP contribution is 2.05. The summed E-state index contributed by atoms with van der Waals surface area (Å²) in [7, 11) is 0. The van der Waals surface area contributed by atoms with E-state index >= 15 is 0 Å². The fourth-order valence-electron chi connectivity index (χ4n) is 1.31. The second-order valence-electron chi connectivity index (χ2n) is 3.47. The molecule has 0 aliphatic rings. The molecule has 0 amide bonds. The van der Waals surface area contributed by atoms with Crippen molar-refractivity contribution >= 4 is 0 Å². The van der Waals surface area contributed by atoms with Crippen LogP contribution in [0.3, 0.4) is 0 Å². The van der Waals surface area contributed by atoms with Gasteiger partial charge in [-0.15, -0.1) is 0 Å². The van der Waals surface area contributed by atoms with Crippen molar-refractivity contribution in [2.24, 2.45) is 0 Å². The summed E-state index contributed by atoms with van der Waals surface area (Å²) >= 11 is 0. The summed E-state index contributed by atoms with van der Waals surface area (Å²) in [5.41, 5.74) is 0. The van der Waals surface area contributed by atoms with Gasteiger partial charge in [-0.3, -0.25) is 0 Å². The fourth-order valence-corrected chi connectivity index (χ4v) is 1.31. The van der Waals surface area contributed by atoms with Crippen LogP contribution in [-0.2, 0) is 4.74 Å². The lowest BCUT2D eigenvalue weighted by Gasteiger charge is -2.00. The summed E-state index contributed by atoms with van der Waals surface area (Å²) in [6.45, 7) is 4.93. The van der Waals surface area contributed by atoms with E-state index in [1.54, 1.807) is 6.26 Å². The summed E-state index contributed by atoms with van der Waals surface area (Å²) in [5.74, 6) is 0. The molecular weight excluding hydrogens is 172 g/mol. The molecule has 1 nitrogen and oxygen atoms in total. The Bertz CT molecular complexity index is 129. The smallest absolute Gasteiger partial charge is 0.0873 e. The number of ether oxygens (including phenoxy) is 1. The molecule has 0 aromatic rings. The van der Waals surface area contributed by atoms with Crippen LogP contribution in [0.25, 0.3) is 0 Å². The third-order valence-corrected chi connectivity index (χ3v) is 2.10. The largest absolute Gasteiger partial charge is 0.502 e. The molecule has 0 aromatic heterocycles. The minimum atomic E-state index is 0.874. The maximum Gasteiger partial charge on any atom is 0.0873 e. The zero-order chi connectivity index (χ0) is 10.5. The molecule has 14 heavy (non-hydrogen) atoms. The molecule has 0 aromatic carbocycles. The van der Waals surface area contributed by atoms with Gasteiger partial charge in [0.15, 0.2) is 0 Å². The second-order valence-corrected chi connectivity index (χ2v) is 3.47. The van der Waals surface area contributed by atoms with Gasteiger partial charge in [-0.05, 0) is 33.1 Å². The molecule has 82 valence electrons. The third kappa shape index (κ3) is 11.3. The predicted molar refractivity (Wildman–Crippen MR) is 63.3 cm³/mol. The maximum absolute atomic E-state index is 5.24. The van der Waals surface area contributed by atoms with Crippen LogP contribution in [0, 0.1) is 0 Å². The van der Waals surface area contributed by atoms with E-state index in [0.717, 1.165) is 6.61 Å². The highest BCUT2D eigenvalue weighted by Gasteiger charge is 1.89. The van der Waals surface area contributed by atoms with Gasteiger partial charge in [-0.25, -0.2) is 0 Å². The van der Waals surface area contributed by atoms with E-state index in [1.165, 1.54) is 38.5 Å². The molecule has 0 spiro atoms. The summed E-state index contributed by atoms with van der Waals surface area (Å²) in [6.07, 6.45) is 15.8. The van der Waals surface area contributed by atoms with Crippen LogP contribution in [0.4, 0.5) is 0 Å². The summed E-state index contributed by atoms with van der Waals surface area (Å²) in [5, 5.41) is 0. The summed E-state index contributed by atoms with van der Waals surface area (Å²) in [4.78, 5) is 0. The monoisotopic (exact) mass is 196 g/mol. The molecule has 0 heterocycles. The third-order valence-electron chi connectivity index (χ3n) is 2.10. The fraction of sp³-hybridized carbons (Fsp3) is 0.692. The summed E-state index contributed by atoms with van der Waals surface area (Å²) < 4.78 is 5.24. The minimum absolute atomic E-state index is 0.874. The van der Waals surface area contributed by atoms with E-state index in [9.17, 15) is 0 Å². The van der Waals surface area contributed by atoms with Gasteiger partial charge in [0.25, 0.3) is 0 Å². The van der Waals surface area contributed by atoms with Crippen molar-refractivity contribution in [2.45, 2.75) is 52.4 Å². The molecule has 0 rings (SSSR count). The van der Waals surface area contributed by atoms with Gasteiger partial charge in [0.05, 0.1) is 12.9 Å². The van der Waals surface area contributed by atoms with Crippen LogP contribution < -0.4 is 0 Å². The zero-order valence-electron chi connectivity index (χ0n) is 9.67. The lowest BCUT2D eigenvalue weighted by molar-refractivity contribution is 0.240. The molecule has 0 saturated carbocycles. The Morgan fingerprint density at radius 3 is 2.29 bits per heavy atom. The molecule has 0 bridgehead atoms. The molecule has 0 saturated heterocycles. The molecule has 0 radical (unpaired) electrons. The number of hydrogen-bond acceptors (Lipinski definition) is 1. The Labute approximate surface area is 88.9 Å². The SMILES string of the molecule is C/C=C/CCCCCCCO/C=C/C. The molecule has 0 unspecified atom stereocenters. The van der Waals surface area contributed by atoms with Crippen LogP contribution in [0.2, 0.25) is 0 Å². The number of allylic oxidation sites excluding steroid dienone is 3. The van der Waals surface area contributed by atoms with Crippen molar-refractivity contribution in [3.05, 3.63) is 24.5 Å². The lowest BCUT2D eigenvalue weighted by Crippen LogP contribution is -1.87. The molecule has 0 fully saturated rings. The predicted octanol–water partition coefficient (Wildman–Crippen LogP) is 4.45. The summed E-state index contributed by atoms with van der Waals surface area (Å²) in [6, 6.07) is 0. The highest BCUT2D eigenvalue weighted by atomic mass is 16.5. The zero-order valence-corrected chi connectivity index (χ0v) is 9.67. The van der Waals surface area contributed by atoms with E-state index in [4.69, 9.17) is 4.74 Å². The Morgan fingerprint density at radius 1 is 0.857 bits per heavy atom.